The highest BCUT2D eigenvalue weighted by Crippen LogP contribution is 2.34. The molecule has 2 unspecified atom stereocenters. The summed E-state index contributed by atoms with van der Waals surface area (Å²) in [5.74, 6) is 0.975. The molecular weight excluding hydrogens is 367 g/mol. The van der Waals surface area contributed by atoms with Gasteiger partial charge in [-0.15, -0.1) is 11.3 Å². The van der Waals surface area contributed by atoms with E-state index in [1.54, 1.807) is 0 Å². The lowest BCUT2D eigenvalue weighted by Crippen LogP contribution is -2.09. The molecule has 2 nitrogen and oxygen atoms in total. The number of rotatable bonds is 6. The predicted molar refractivity (Wildman–Crippen MR) is 98.4 cm³/mol. The number of thiophene rings is 1. The Hall–Kier alpha value is -1.34. The second kappa shape index (κ2) is 7.91. The van der Waals surface area contributed by atoms with Crippen molar-refractivity contribution in [2.75, 3.05) is 4.72 Å². The van der Waals surface area contributed by atoms with Gasteiger partial charge in [0.25, 0.3) is 0 Å². The number of nitrogens with one attached hydrogen (secondary N) is 1. The number of aryl methyl sites for hydroxylation is 1. The minimum absolute atomic E-state index is 0.104. The fourth-order valence-electron chi connectivity index (χ4n) is 2.72. The third kappa shape index (κ3) is 5.31. The van der Waals surface area contributed by atoms with Crippen molar-refractivity contribution in [3.63, 3.8) is 0 Å². The topological polar surface area (TPSA) is 29.1 Å². The van der Waals surface area contributed by atoms with E-state index in [0.717, 1.165) is 12.5 Å². The van der Waals surface area contributed by atoms with Crippen molar-refractivity contribution in [3.05, 3.63) is 46.3 Å². The van der Waals surface area contributed by atoms with Gasteiger partial charge in [-0.3, -0.25) is 0 Å². The first-order chi connectivity index (χ1) is 11.6. The minimum Gasteiger partial charge on any atom is -0.300 e. The molecule has 2 atom stereocenters. The van der Waals surface area contributed by atoms with Crippen LogP contribution in [0.25, 0.3) is 0 Å². The predicted octanol–water partition coefficient (Wildman–Crippen LogP) is 6.36. The number of benzene rings is 1. The molecule has 1 aromatic carbocycles. The summed E-state index contributed by atoms with van der Waals surface area (Å²) >= 11 is 1.48. The molecule has 0 aliphatic carbocycles. The summed E-state index contributed by atoms with van der Waals surface area (Å²) in [5.41, 5.74) is -0.161. The molecule has 2 aromatic rings. The van der Waals surface area contributed by atoms with Crippen molar-refractivity contribution >= 4 is 28.0 Å². The average Bonchev–Trinajstić information content (AvgIpc) is 2.95. The van der Waals surface area contributed by atoms with Crippen molar-refractivity contribution < 1.29 is 17.4 Å². The molecule has 7 heteroatoms. The molecule has 0 saturated heterocycles. The van der Waals surface area contributed by atoms with Crippen LogP contribution in [0.15, 0.2) is 34.5 Å². The minimum atomic E-state index is -4.38. The first-order valence-corrected chi connectivity index (χ1v) is 10.0. The van der Waals surface area contributed by atoms with Crippen LogP contribution in [0.1, 0.15) is 49.1 Å². The summed E-state index contributed by atoms with van der Waals surface area (Å²) in [7, 11) is -1.49. The Bertz CT molecular complexity index is 753. The van der Waals surface area contributed by atoms with Crippen LogP contribution in [-0.4, -0.2) is 4.21 Å². The summed E-state index contributed by atoms with van der Waals surface area (Å²) in [6.07, 6.45) is -3.32. The van der Waals surface area contributed by atoms with Crippen molar-refractivity contribution in [2.45, 2.75) is 50.4 Å². The summed E-state index contributed by atoms with van der Waals surface area (Å²) < 4.78 is 54.3. The standard InChI is InChI=1S/C18H22F3NOS2/c1-11(2)9-13(4)16-7-8-17(24-16)25(23)22-14-5-6-15(12(3)10-14)18(19,20)21/h5-8,10-11,13,22H,9H2,1-4H3. The lowest BCUT2D eigenvalue weighted by molar-refractivity contribution is -0.138. The zero-order valence-corrected chi connectivity index (χ0v) is 16.2. The Balaban J connectivity index is 2.10. The van der Waals surface area contributed by atoms with Crippen LogP contribution in [0, 0.1) is 12.8 Å². The van der Waals surface area contributed by atoms with E-state index >= 15 is 0 Å². The van der Waals surface area contributed by atoms with Gasteiger partial charge in [0.05, 0.1) is 5.56 Å². The zero-order chi connectivity index (χ0) is 18.8. The average molecular weight is 390 g/mol. The summed E-state index contributed by atoms with van der Waals surface area (Å²) in [5, 5.41) is 0. The van der Waals surface area contributed by atoms with Gasteiger partial charge < -0.3 is 4.72 Å². The van der Waals surface area contributed by atoms with E-state index in [2.05, 4.69) is 25.5 Å². The van der Waals surface area contributed by atoms with Gasteiger partial charge in [0.1, 0.15) is 4.21 Å². The molecule has 0 fully saturated rings. The molecule has 0 aliphatic heterocycles. The maximum atomic E-state index is 12.8. The molecule has 138 valence electrons. The number of hydrogen-bond donors (Lipinski definition) is 1. The van der Waals surface area contributed by atoms with Gasteiger partial charge in [0.2, 0.25) is 0 Å². The first kappa shape index (κ1) is 20.0. The third-order valence-electron chi connectivity index (χ3n) is 3.84. The Labute approximate surface area is 153 Å². The van der Waals surface area contributed by atoms with E-state index in [0.29, 0.717) is 21.7 Å². The van der Waals surface area contributed by atoms with Crippen LogP contribution in [0.2, 0.25) is 0 Å². The van der Waals surface area contributed by atoms with Crippen molar-refractivity contribution in [3.8, 4) is 0 Å². The van der Waals surface area contributed by atoms with Crippen LogP contribution >= 0.6 is 11.3 Å². The van der Waals surface area contributed by atoms with E-state index in [-0.39, 0.29) is 5.56 Å². The van der Waals surface area contributed by atoms with Crippen LogP contribution in [0.3, 0.4) is 0 Å². The molecule has 1 heterocycles. The molecule has 0 amide bonds. The van der Waals surface area contributed by atoms with E-state index < -0.39 is 22.7 Å². The van der Waals surface area contributed by atoms with Gasteiger partial charge in [0.15, 0.2) is 11.0 Å². The first-order valence-electron chi connectivity index (χ1n) is 8.04. The Morgan fingerprint density at radius 2 is 1.84 bits per heavy atom. The molecule has 25 heavy (non-hydrogen) atoms. The molecular formula is C18H22F3NOS2. The Morgan fingerprint density at radius 3 is 2.40 bits per heavy atom. The second-order valence-corrected chi connectivity index (χ2v) is 9.14. The number of alkyl halides is 3. The molecule has 1 aromatic heterocycles. The number of halogens is 3. The summed E-state index contributed by atoms with van der Waals surface area (Å²) in [6.45, 7) is 7.87. The van der Waals surface area contributed by atoms with E-state index in [9.17, 15) is 17.4 Å². The molecule has 0 aliphatic rings. The Kier molecular flexibility index (Phi) is 6.32. The monoisotopic (exact) mass is 389 g/mol. The summed E-state index contributed by atoms with van der Waals surface area (Å²) in [4.78, 5) is 1.17. The van der Waals surface area contributed by atoms with Crippen molar-refractivity contribution in [1.82, 2.24) is 0 Å². The normalized spacial score (nSPS) is 14.6. The lowest BCUT2D eigenvalue weighted by atomic mass is 9.98. The number of anilines is 1. The van der Waals surface area contributed by atoms with Crippen LogP contribution in [0.5, 0.6) is 0 Å². The highest BCUT2D eigenvalue weighted by Gasteiger charge is 2.32. The maximum absolute atomic E-state index is 12.8. The molecule has 2 rings (SSSR count). The van der Waals surface area contributed by atoms with E-state index in [1.165, 1.54) is 35.3 Å². The van der Waals surface area contributed by atoms with Gasteiger partial charge in [0, 0.05) is 10.6 Å². The summed E-state index contributed by atoms with van der Waals surface area (Å²) in [6, 6.07) is 7.49. The largest absolute Gasteiger partial charge is 0.416 e. The molecule has 0 radical (unpaired) electrons. The fraction of sp³-hybridized carbons (Fsp3) is 0.444. The molecule has 1 N–H and O–H groups in total. The van der Waals surface area contributed by atoms with Crippen LogP contribution < -0.4 is 4.72 Å². The number of hydrogen-bond acceptors (Lipinski definition) is 2. The smallest absolute Gasteiger partial charge is 0.300 e. The van der Waals surface area contributed by atoms with Gasteiger partial charge in [-0.25, -0.2) is 4.21 Å². The molecule has 0 saturated carbocycles. The highest BCUT2D eigenvalue weighted by molar-refractivity contribution is 7.88. The molecule has 0 spiro atoms. The SMILES string of the molecule is Cc1cc(NS(=O)c2ccc(C(C)CC(C)C)s2)ccc1C(F)(F)F. The quantitative estimate of drug-likeness (QED) is 0.612. The van der Waals surface area contributed by atoms with Gasteiger partial charge >= 0.3 is 6.18 Å². The van der Waals surface area contributed by atoms with Gasteiger partial charge in [-0.2, -0.15) is 13.2 Å². The van der Waals surface area contributed by atoms with Crippen molar-refractivity contribution in [2.24, 2.45) is 5.92 Å². The molecule has 0 bridgehead atoms. The highest BCUT2D eigenvalue weighted by atomic mass is 32.2. The maximum Gasteiger partial charge on any atom is 0.416 e. The van der Waals surface area contributed by atoms with Gasteiger partial charge in [-0.05, 0) is 61.1 Å². The second-order valence-electron chi connectivity index (χ2n) is 6.59. The van der Waals surface area contributed by atoms with E-state index in [4.69, 9.17) is 0 Å². The van der Waals surface area contributed by atoms with E-state index in [1.807, 2.05) is 12.1 Å². The van der Waals surface area contributed by atoms with Crippen LogP contribution in [0.4, 0.5) is 18.9 Å². The third-order valence-corrected chi connectivity index (χ3v) is 6.58. The van der Waals surface area contributed by atoms with Crippen LogP contribution in [-0.2, 0) is 17.2 Å². The lowest BCUT2D eigenvalue weighted by Gasteiger charge is -2.12. The van der Waals surface area contributed by atoms with Crippen molar-refractivity contribution in [1.29, 1.82) is 0 Å². The Morgan fingerprint density at radius 1 is 1.16 bits per heavy atom. The van der Waals surface area contributed by atoms with Gasteiger partial charge in [-0.1, -0.05) is 20.8 Å². The zero-order valence-electron chi connectivity index (χ0n) is 14.6. The fourth-order valence-corrected chi connectivity index (χ4v) is 4.88.